The number of carboxylic acids is 1. The van der Waals surface area contributed by atoms with E-state index in [-0.39, 0.29) is 11.5 Å². The Labute approximate surface area is 148 Å². The average molecular weight is 355 g/mol. The highest BCUT2D eigenvalue weighted by Crippen LogP contribution is 2.36. The zero-order valence-electron chi connectivity index (χ0n) is 14.0. The van der Waals surface area contributed by atoms with Crippen LogP contribution in [-0.4, -0.2) is 22.0 Å². The van der Waals surface area contributed by atoms with Gasteiger partial charge in [-0.3, -0.25) is 4.79 Å². The monoisotopic (exact) mass is 355 g/mol. The van der Waals surface area contributed by atoms with Crippen LogP contribution in [0.2, 0.25) is 0 Å². The molecule has 3 aromatic rings. The predicted octanol–water partition coefficient (Wildman–Crippen LogP) is 3.75. The van der Waals surface area contributed by atoms with Gasteiger partial charge in [-0.25, -0.2) is 9.78 Å². The molecule has 6 nitrogen and oxygen atoms in total. The Morgan fingerprint density at radius 3 is 2.60 bits per heavy atom. The lowest BCUT2D eigenvalue weighted by atomic mass is 10.1. The number of thiophene rings is 1. The number of nitrogens with zero attached hydrogens (tertiary/aromatic N) is 1. The maximum Gasteiger partial charge on any atom is 0.335 e. The van der Waals surface area contributed by atoms with E-state index < -0.39 is 5.97 Å². The first-order chi connectivity index (χ1) is 11.8. The van der Waals surface area contributed by atoms with Gasteiger partial charge >= 0.3 is 5.97 Å². The Kier molecular flexibility index (Phi) is 4.18. The van der Waals surface area contributed by atoms with Crippen LogP contribution >= 0.6 is 11.3 Å². The molecule has 1 aromatic carbocycles. The summed E-state index contributed by atoms with van der Waals surface area (Å²) < 4.78 is 0. The van der Waals surface area contributed by atoms with Crippen LogP contribution in [0.3, 0.4) is 0 Å². The second-order valence-corrected chi connectivity index (χ2v) is 6.81. The van der Waals surface area contributed by atoms with Crippen LogP contribution in [0.25, 0.3) is 10.2 Å². The lowest BCUT2D eigenvalue weighted by Crippen LogP contribution is -2.12. The van der Waals surface area contributed by atoms with Gasteiger partial charge < -0.3 is 16.2 Å². The van der Waals surface area contributed by atoms with Gasteiger partial charge in [-0.05, 0) is 50.1 Å². The number of carbonyl (C=O) groups excluding carboxylic acids is 1. The number of benzene rings is 1. The van der Waals surface area contributed by atoms with E-state index >= 15 is 0 Å². The predicted molar refractivity (Wildman–Crippen MR) is 99.6 cm³/mol. The van der Waals surface area contributed by atoms with Gasteiger partial charge in [0.15, 0.2) is 0 Å². The van der Waals surface area contributed by atoms with Gasteiger partial charge in [0.25, 0.3) is 5.91 Å². The minimum Gasteiger partial charge on any atom is -0.478 e. The average Bonchev–Trinajstić information content (AvgIpc) is 2.89. The van der Waals surface area contributed by atoms with E-state index in [1.165, 1.54) is 23.5 Å². The first-order valence-electron chi connectivity index (χ1n) is 7.60. The van der Waals surface area contributed by atoms with E-state index in [1.54, 1.807) is 12.1 Å². The highest BCUT2D eigenvalue weighted by Gasteiger charge is 2.20. The van der Waals surface area contributed by atoms with Crippen molar-refractivity contribution in [1.82, 2.24) is 4.98 Å². The number of nitrogens with two attached hydrogens (primary N) is 1. The fraction of sp³-hybridized carbons (Fsp3) is 0.167. The normalized spacial score (nSPS) is 10.8. The van der Waals surface area contributed by atoms with Gasteiger partial charge in [0.1, 0.15) is 9.71 Å². The quantitative estimate of drug-likeness (QED) is 0.663. The van der Waals surface area contributed by atoms with Crippen LogP contribution in [0.5, 0.6) is 0 Å². The SMILES string of the molecule is Cc1nc2sc(C(=O)Nc3cccc(C(=O)O)c3)c(N)c2c(C)c1C. The molecule has 2 heterocycles. The van der Waals surface area contributed by atoms with Crippen LogP contribution in [0.15, 0.2) is 24.3 Å². The highest BCUT2D eigenvalue weighted by atomic mass is 32.1. The molecule has 0 unspecified atom stereocenters. The topological polar surface area (TPSA) is 105 Å². The van der Waals surface area contributed by atoms with Crippen molar-refractivity contribution < 1.29 is 14.7 Å². The van der Waals surface area contributed by atoms with Crippen molar-refractivity contribution in [3.8, 4) is 0 Å². The molecular formula is C18H17N3O3S. The zero-order chi connectivity index (χ0) is 18.3. The number of hydrogen-bond donors (Lipinski definition) is 3. The molecule has 0 atom stereocenters. The third-order valence-corrected chi connectivity index (χ3v) is 5.35. The van der Waals surface area contributed by atoms with Gasteiger partial charge in [-0.2, -0.15) is 0 Å². The number of nitrogen functional groups attached to an aromatic ring is 1. The Morgan fingerprint density at radius 2 is 1.92 bits per heavy atom. The Morgan fingerprint density at radius 1 is 1.20 bits per heavy atom. The van der Waals surface area contributed by atoms with E-state index in [4.69, 9.17) is 10.8 Å². The number of fused-ring (bicyclic) bond motifs is 1. The summed E-state index contributed by atoms with van der Waals surface area (Å²) in [4.78, 5) is 29.3. The summed E-state index contributed by atoms with van der Waals surface area (Å²) in [5, 5.41) is 12.6. The lowest BCUT2D eigenvalue weighted by Gasteiger charge is -2.06. The Hall–Kier alpha value is -2.93. The maximum absolute atomic E-state index is 12.6. The molecule has 0 bridgehead atoms. The van der Waals surface area contributed by atoms with E-state index in [0.29, 0.717) is 16.3 Å². The highest BCUT2D eigenvalue weighted by molar-refractivity contribution is 7.21. The van der Waals surface area contributed by atoms with Crippen LogP contribution in [0.1, 0.15) is 36.9 Å². The summed E-state index contributed by atoms with van der Waals surface area (Å²) in [6, 6.07) is 6.07. The smallest absolute Gasteiger partial charge is 0.335 e. The lowest BCUT2D eigenvalue weighted by molar-refractivity contribution is 0.0696. The van der Waals surface area contributed by atoms with Crippen molar-refractivity contribution in [2.45, 2.75) is 20.8 Å². The molecule has 1 amide bonds. The van der Waals surface area contributed by atoms with Crippen molar-refractivity contribution in [1.29, 1.82) is 0 Å². The number of rotatable bonds is 3. The molecule has 0 saturated carbocycles. The first kappa shape index (κ1) is 16.9. The first-order valence-corrected chi connectivity index (χ1v) is 8.41. The number of carbonyl (C=O) groups is 2. The minimum atomic E-state index is -1.05. The number of aryl methyl sites for hydroxylation is 2. The fourth-order valence-corrected chi connectivity index (χ4v) is 3.75. The number of aromatic nitrogens is 1. The molecule has 0 aliphatic rings. The number of carboxylic acid groups (broad SMARTS) is 1. The molecule has 0 radical (unpaired) electrons. The molecule has 3 rings (SSSR count). The van der Waals surface area contributed by atoms with E-state index in [0.717, 1.165) is 27.0 Å². The van der Waals surface area contributed by atoms with Crippen molar-refractivity contribution in [2.24, 2.45) is 0 Å². The number of amides is 1. The number of anilines is 2. The van der Waals surface area contributed by atoms with Gasteiger partial charge in [0.2, 0.25) is 0 Å². The van der Waals surface area contributed by atoms with Crippen LogP contribution in [-0.2, 0) is 0 Å². The molecule has 0 spiro atoms. The van der Waals surface area contributed by atoms with Crippen molar-refractivity contribution in [3.63, 3.8) is 0 Å². The van der Waals surface area contributed by atoms with Gasteiger partial charge in [-0.1, -0.05) is 6.07 Å². The number of nitrogens with one attached hydrogen (secondary N) is 1. The number of aromatic carboxylic acids is 1. The molecule has 0 aliphatic heterocycles. The zero-order valence-corrected chi connectivity index (χ0v) is 14.8. The summed E-state index contributed by atoms with van der Waals surface area (Å²) in [5.41, 5.74) is 10.1. The Bertz CT molecular complexity index is 1020. The van der Waals surface area contributed by atoms with Gasteiger partial charge in [0.05, 0.1) is 11.3 Å². The van der Waals surface area contributed by atoms with Crippen molar-refractivity contribution in [2.75, 3.05) is 11.1 Å². The Balaban J connectivity index is 2.01. The molecule has 0 saturated heterocycles. The summed E-state index contributed by atoms with van der Waals surface area (Å²) in [5.74, 6) is -1.43. The molecule has 7 heteroatoms. The molecule has 0 aliphatic carbocycles. The van der Waals surface area contributed by atoms with Gasteiger partial charge in [-0.15, -0.1) is 11.3 Å². The van der Waals surface area contributed by atoms with Crippen LogP contribution in [0.4, 0.5) is 11.4 Å². The maximum atomic E-state index is 12.6. The van der Waals surface area contributed by atoms with E-state index in [9.17, 15) is 9.59 Å². The summed E-state index contributed by atoms with van der Waals surface area (Å²) >= 11 is 1.23. The summed E-state index contributed by atoms with van der Waals surface area (Å²) in [7, 11) is 0. The number of hydrogen-bond acceptors (Lipinski definition) is 5. The molecule has 4 N–H and O–H groups in total. The van der Waals surface area contributed by atoms with Crippen molar-refractivity contribution >= 4 is 44.8 Å². The molecule has 25 heavy (non-hydrogen) atoms. The number of pyridine rings is 1. The van der Waals surface area contributed by atoms with Crippen molar-refractivity contribution in [3.05, 3.63) is 51.5 Å². The summed E-state index contributed by atoms with van der Waals surface area (Å²) in [6.07, 6.45) is 0. The van der Waals surface area contributed by atoms with Crippen LogP contribution < -0.4 is 11.1 Å². The van der Waals surface area contributed by atoms with E-state index in [1.807, 2.05) is 20.8 Å². The molecule has 0 fully saturated rings. The van der Waals surface area contributed by atoms with E-state index in [2.05, 4.69) is 10.3 Å². The second kappa shape index (κ2) is 6.18. The third kappa shape index (κ3) is 2.94. The molecular weight excluding hydrogens is 338 g/mol. The third-order valence-electron chi connectivity index (χ3n) is 4.25. The second-order valence-electron chi connectivity index (χ2n) is 5.81. The summed E-state index contributed by atoms with van der Waals surface area (Å²) in [6.45, 7) is 5.87. The largest absolute Gasteiger partial charge is 0.478 e. The van der Waals surface area contributed by atoms with Crippen LogP contribution in [0, 0.1) is 20.8 Å². The van der Waals surface area contributed by atoms with Gasteiger partial charge in [0, 0.05) is 16.8 Å². The minimum absolute atomic E-state index is 0.103. The standard InChI is InChI=1S/C18H17N3O3S/c1-8-9(2)13-14(19)15(25-17(13)20-10(8)3)16(22)21-12-6-4-5-11(7-12)18(23)24/h4-7H,19H2,1-3H3,(H,21,22)(H,23,24). The molecule has 128 valence electrons. The molecule has 2 aromatic heterocycles. The fourth-order valence-electron chi connectivity index (χ4n) is 2.65.